The van der Waals surface area contributed by atoms with Crippen LogP contribution in [-0.4, -0.2) is 13.2 Å². The first-order chi connectivity index (χ1) is 5.43. The van der Waals surface area contributed by atoms with Crippen LogP contribution in [0.4, 0.5) is 0 Å². The minimum atomic E-state index is 0.187. The molecule has 0 heterocycles. The molecule has 0 saturated heterocycles. The molecular formula is C9H11NO. The molecular weight excluding hydrogens is 138 g/mol. The molecule has 1 aromatic carbocycles. The van der Waals surface area contributed by atoms with E-state index >= 15 is 0 Å². The maximum atomic E-state index is 8.46. The highest BCUT2D eigenvalue weighted by Gasteiger charge is 1.89. The number of ether oxygens (including phenoxy) is 1. The van der Waals surface area contributed by atoms with Crippen LogP contribution in [-0.2, 0) is 0 Å². The molecule has 0 spiro atoms. The highest BCUT2D eigenvalue weighted by Crippen LogP contribution is 2.07. The van der Waals surface area contributed by atoms with E-state index in [1.165, 1.54) is 0 Å². The summed E-state index contributed by atoms with van der Waals surface area (Å²) in [7, 11) is 0. The van der Waals surface area contributed by atoms with Crippen LogP contribution in [0.15, 0.2) is 30.3 Å². The van der Waals surface area contributed by atoms with E-state index in [4.69, 9.17) is 10.5 Å². The van der Waals surface area contributed by atoms with Gasteiger partial charge in [0.15, 0.2) is 0 Å². The van der Waals surface area contributed by atoms with E-state index in [0.29, 0.717) is 13.0 Å². The van der Waals surface area contributed by atoms with Gasteiger partial charge in [-0.2, -0.15) is 0 Å². The zero-order chi connectivity index (χ0) is 7.94. The number of benzene rings is 1. The van der Waals surface area contributed by atoms with E-state index in [0.717, 1.165) is 5.75 Å². The second-order valence-corrected chi connectivity index (χ2v) is 2.24. The average molecular weight is 149 g/mol. The number of hydrogen-bond donors (Lipinski definition) is 0. The monoisotopic (exact) mass is 149 g/mol. The quantitative estimate of drug-likeness (QED) is 0.597. The fourth-order valence-corrected chi connectivity index (χ4v) is 0.771. The summed E-state index contributed by atoms with van der Waals surface area (Å²) >= 11 is 0. The Balaban J connectivity index is 2.28. The van der Waals surface area contributed by atoms with Gasteiger partial charge < -0.3 is 4.74 Å². The maximum absolute atomic E-state index is 8.46. The highest BCUT2D eigenvalue weighted by molar-refractivity contribution is 5.20. The zero-order valence-electron chi connectivity index (χ0n) is 6.36. The van der Waals surface area contributed by atoms with Gasteiger partial charge in [0.25, 0.3) is 0 Å². The molecule has 1 rings (SSSR count). The summed E-state index contributed by atoms with van der Waals surface area (Å²) in [6.07, 6.45) is 0.689. The zero-order valence-corrected chi connectivity index (χ0v) is 6.36. The fourth-order valence-electron chi connectivity index (χ4n) is 0.771. The molecule has 0 N–H and O–H groups in total. The lowest BCUT2D eigenvalue weighted by Crippen LogP contribution is -1.99. The normalized spacial score (nSPS) is 9.55. The first-order valence-electron chi connectivity index (χ1n) is 3.72. The second-order valence-electron chi connectivity index (χ2n) is 2.24. The molecule has 0 unspecified atom stereocenters. The van der Waals surface area contributed by atoms with Gasteiger partial charge in [0, 0.05) is 6.54 Å². The van der Waals surface area contributed by atoms with Crippen molar-refractivity contribution in [2.75, 3.05) is 13.2 Å². The van der Waals surface area contributed by atoms with Gasteiger partial charge >= 0.3 is 0 Å². The fraction of sp³-hybridized carbons (Fsp3) is 0.333. The lowest BCUT2D eigenvalue weighted by molar-refractivity contribution is 0.313. The first kappa shape index (κ1) is 8.08. The third kappa shape index (κ3) is 3.05. The summed E-state index contributed by atoms with van der Waals surface area (Å²) in [6, 6.07) is 9.59. The van der Waals surface area contributed by atoms with Crippen molar-refractivity contribution in [1.29, 1.82) is 0 Å². The Hall–Kier alpha value is -1.02. The van der Waals surface area contributed by atoms with Crippen LogP contribution in [0.3, 0.4) is 0 Å². The Bertz CT molecular complexity index is 186. The number of rotatable bonds is 4. The third-order valence-corrected chi connectivity index (χ3v) is 1.31. The molecule has 2 heteroatoms. The summed E-state index contributed by atoms with van der Waals surface area (Å²) in [6.45, 7) is 0.771. The van der Waals surface area contributed by atoms with Gasteiger partial charge in [-0.25, -0.2) is 0 Å². The molecule has 58 valence electrons. The Labute approximate surface area is 67.0 Å². The van der Waals surface area contributed by atoms with Gasteiger partial charge in [0.2, 0.25) is 0 Å². The molecule has 1 aromatic rings. The van der Waals surface area contributed by atoms with Crippen molar-refractivity contribution >= 4 is 0 Å². The summed E-state index contributed by atoms with van der Waals surface area (Å²) in [5.74, 6) is 0.862. The molecule has 0 amide bonds. The van der Waals surface area contributed by atoms with Crippen LogP contribution in [0.5, 0.6) is 5.75 Å². The average Bonchev–Trinajstić information content (AvgIpc) is 2.07. The van der Waals surface area contributed by atoms with E-state index < -0.39 is 0 Å². The van der Waals surface area contributed by atoms with Crippen molar-refractivity contribution in [3.8, 4) is 5.75 Å². The van der Waals surface area contributed by atoms with Crippen molar-refractivity contribution in [2.24, 2.45) is 0 Å². The van der Waals surface area contributed by atoms with Crippen molar-refractivity contribution in [2.45, 2.75) is 6.42 Å². The molecule has 0 aliphatic heterocycles. The van der Waals surface area contributed by atoms with Gasteiger partial charge in [-0.3, -0.25) is 0 Å². The Morgan fingerprint density at radius 1 is 1.18 bits per heavy atom. The van der Waals surface area contributed by atoms with Crippen LogP contribution in [0.1, 0.15) is 6.42 Å². The Morgan fingerprint density at radius 3 is 2.55 bits per heavy atom. The van der Waals surface area contributed by atoms with E-state index in [9.17, 15) is 0 Å². The van der Waals surface area contributed by atoms with Crippen LogP contribution in [0.25, 0.3) is 0 Å². The van der Waals surface area contributed by atoms with E-state index in [1.54, 1.807) is 0 Å². The van der Waals surface area contributed by atoms with Crippen molar-refractivity contribution in [3.05, 3.63) is 30.3 Å². The van der Waals surface area contributed by atoms with Crippen LogP contribution >= 0.6 is 0 Å². The van der Waals surface area contributed by atoms with Gasteiger partial charge in [-0.1, -0.05) is 18.2 Å². The molecule has 0 atom stereocenters. The van der Waals surface area contributed by atoms with E-state index in [-0.39, 0.29) is 6.54 Å². The predicted molar refractivity (Wildman–Crippen MR) is 43.6 cm³/mol. The summed E-state index contributed by atoms with van der Waals surface area (Å²) in [5.41, 5.74) is 8.46. The van der Waals surface area contributed by atoms with Crippen molar-refractivity contribution < 1.29 is 4.74 Å². The van der Waals surface area contributed by atoms with Crippen molar-refractivity contribution in [1.82, 2.24) is 5.73 Å². The standard InChI is InChI=1S/C9H11NO/c10-7-4-8-11-9-5-2-1-3-6-9/h1-3,5-6H,4,7-8H2. The summed E-state index contributed by atoms with van der Waals surface area (Å²) in [5, 5.41) is 0. The number of nitrogens with zero attached hydrogens (tertiary/aromatic N) is 1. The summed E-state index contributed by atoms with van der Waals surface area (Å²) < 4.78 is 5.29. The third-order valence-electron chi connectivity index (χ3n) is 1.31. The Kier molecular flexibility index (Phi) is 3.48. The predicted octanol–water partition coefficient (Wildman–Crippen LogP) is 1.52. The van der Waals surface area contributed by atoms with Gasteiger partial charge in [0.1, 0.15) is 5.75 Å². The van der Waals surface area contributed by atoms with Gasteiger partial charge in [-0.15, -0.1) is 5.73 Å². The van der Waals surface area contributed by atoms with Crippen LogP contribution < -0.4 is 10.5 Å². The molecule has 0 aliphatic carbocycles. The minimum absolute atomic E-state index is 0.187. The number of para-hydroxylation sites is 1. The smallest absolute Gasteiger partial charge is 0.119 e. The largest absolute Gasteiger partial charge is 0.494 e. The molecule has 0 aliphatic rings. The lowest BCUT2D eigenvalue weighted by atomic mass is 10.3. The molecule has 0 fully saturated rings. The van der Waals surface area contributed by atoms with Crippen molar-refractivity contribution in [3.63, 3.8) is 0 Å². The molecule has 0 saturated carbocycles. The van der Waals surface area contributed by atoms with Gasteiger partial charge in [-0.05, 0) is 18.6 Å². The van der Waals surface area contributed by atoms with Gasteiger partial charge in [0.05, 0.1) is 6.61 Å². The number of hydrogen-bond acceptors (Lipinski definition) is 1. The molecule has 0 aromatic heterocycles. The topological polar surface area (TPSA) is 31.5 Å². The second kappa shape index (κ2) is 4.74. The first-order valence-corrected chi connectivity index (χ1v) is 3.72. The summed E-state index contributed by atoms with van der Waals surface area (Å²) in [4.78, 5) is 0. The lowest BCUT2D eigenvalue weighted by Gasteiger charge is -2.02. The minimum Gasteiger partial charge on any atom is -0.494 e. The van der Waals surface area contributed by atoms with Crippen LogP contribution in [0, 0.1) is 0 Å². The van der Waals surface area contributed by atoms with E-state index in [2.05, 4.69) is 0 Å². The maximum Gasteiger partial charge on any atom is 0.119 e. The Morgan fingerprint density at radius 2 is 1.91 bits per heavy atom. The SMILES string of the molecule is [N]CCCOc1ccccc1. The molecule has 11 heavy (non-hydrogen) atoms. The molecule has 2 nitrogen and oxygen atoms in total. The molecule has 2 radical (unpaired) electrons. The molecule has 0 bridgehead atoms. The van der Waals surface area contributed by atoms with E-state index in [1.807, 2.05) is 30.3 Å². The van der Waals surface area contributed by atoms with Crippen LogP contribution in [0.2, 0.25) is 0 Å². The highest BCUT2D eigenvalue weighted by atomic mass is 16.5.